The summed E-state index contributed by atoms with van der Waals surface area (Å²) < 4.78 is 6.26. The number of rotatable bonds is 6. The number of methoxy groups -OCH3 is 1. The lowest BCUT2D eigenvalue weighted by molar-refractivity contribution is -0.169. The van der Waals surface area contributed by atoms with Crippen LogP contribution < -0.4 is 11.1 Å². The second-order valence-corrected chi connectivity index (χ2v) is 8.25. The number of nitrogens with one attached hydrogen (secondary N) is 1. The smallest absolute Gasteiger partial charge is 0.317 e. The minimum atomic E-state index is -0.403. The van der Waals surface area contributed by atoms with Crippen LogP contribution in [-0.4, -0.2) is 68.1 Å². The van der Waals surface area contributed by atoms with Gasteiger partial charge < -0.3 is 25.6 Å². The van der Waals surface area contributed by atoms with Crippen molar-refractivity contribution in [2.75, 3.05) is 46.4 Å². The summed E-state index contributed by atoms with van der Waals surface area (Å²) in [6.07, 6.45) is 3.41. The first-order valence-electron chi connectivity index (χ1n) is 10.2. The summed E-state index contributed by atoms with van der Waals surface area (Å²) in [5.41, 5.74) is 6.76. The number of carbonyl (C=O) groups is 2. The van der Waals surface area contributed by atoms with Gasteiger partial charge in [0.25, 0.3) is 0 Å². The Morgan fingerprint density at radius 1 is 1.28 bits per heavy atom. The number of carbonyl (C=O) groups excluding carboxylic acids is 2. The number of piperidine rings is 1. The lowest BCUT2D eigenvalue weighted by Crippen LogP contribution is -2.59. The molecular formula is C21H31ClN4O3. The summed E-state index contributed by atoms with van der Waals surface area (Å²) in [7, 11) is 1.80. The molecular weight excluding hydrogens is 392 g/mol. The molecule has 1 saturated carbocycles. The Bertz CT molecular complexity index is 745. The molecule has 1 unspecified atom stereocenters. The van der Waals surface area contributed by atoms with E-state index in [-0.39, 0.29) is 24.0 Å². The van der Waals surface area contributed by atoms with E-state index in [1.165, 1.54) is 6.42 Å². The summed E-state index contributed by atoms with van der Waals surface area (Å²) in [5.74, 6) is 0.320. The third-order valence-electron chi connectivity index (χ3n) is 6.84. The molecule has 160 valence electrons. The van der Waals surface area contributed by atoms with Crippen LogP contribution in [0, 0.1) is 11.8 Å². The van der Waals surface area contributed by atoms with Crippen molar-refractivity contribution in [3.05, 3.63) is 35.4 Å². The van der Waals surface area contributed by atoms with Crippen molar-refractivity contribution in [1.82, 2.24) is 15.1 Å². The van der Waals surface area contributed by atoms with Gasteiger partial charge in [-0.1, -0.05) is 18.6 Å². The van der Waals surface area contributed by atoms with E-state index in [0.29, 0.717) is 17.4 Å². The van der Waals surface area contributed by atoms with Gasteiger partial charge in [-0.3, -0.25) is 4.79 Å². The highest BCUT2D eigenvalue weighted by molar-refractivity contribution is 5.93. The molecule has 0 radical (unpaired) electrons. The molecule has 8 heteroatoms. The minimum absolute atomic E-state index is 0. The van der Waals surface area contributed by atoms with Gasteiger partial charge in [-0.2, -0.15) is 0 Å². The van der Waals surface area contributed by atoms with E-state index in [1.807, 2.05) is 17.0 Å². The van der Waals surface area contributed by atoms with E-state index >= 15 is 0 Å². The Kier molecular flexibility index (Phi) is 6.71. The molecule has 0 spiro atoms. The molecule has 3 N–H and O–H groups in total. The summed E-state index contributed by atoms with van der Waals surface area (Å²) in [5, 5.41) is 2.87. The molecule has 2 heterocycles. The average Bonchev–Trinajstić information content (AvgIpc) is 3.10. The zero-order chi connectivity index (χ0) is 19.7. The second kappa shape index (κ2) is 8.90. The van der Waals surface area contributed by atoms with E-state index in [0.717, 1.165) is 57.7 Å². The number of urea groups is 1. The maximum absolute atomic E-state index is 11.8. The Labute approximate surface area is 178 Å². The van der Waals surface area contributed by atoms with E-state index < -0.39 is 5.91 Å². The number of amides is 3. The van der Waals surface area contributed by atoms with Crippen LogP contribution in [0.4, 0.5) is 4.79 Å². The number of nitrogens with two attached hydrogens (primary N) is 1. The van der Waals surface area contributed by atoms with Gasteiger partial charge in [0.2, 0.25) is 5.91 Å². The van der Waals surface area contributed by atoms with Gasteiger partial charge in [-0.15, -0.1) is 12.4 Å². The van der Waals surface area contributed by atoms with Crippen molar-refractivity contribution < 1.29 is 14.3 Å². The highest BCUT2D eigenvalue weighted by Gasteiger charge is 2.53. The van der Waals surface area contributed by atoms with Crippen molar-refractivity contribution in [2.45, 2.75) is 24.9 Å². The molecule has 4 rings (SSSR count). The predicted molar refractivity (Wildman–Crippen MR) is 113 cm³/mol. The van der Waals surface area contributed by atoms with Crippen LogP contribution in [0.2, 0.25) is 0 Å². The molecule has 0 aromatic heterocycles. The molecule has 3 aliphatic rings. The fraction of sp³-hybridized carbons (Fsp3) is 0.619. The quantitative estimate of drug-likeness (QED) is 0.731. The number of likely N-dealkylation sites (tertiary alicyclic amines) is 1. The van der Waals surface area contributed by atoms with E-state index in [9.17, 15) is 9.59 Å². The first-order chi connectivity index (χ1) is 13.5. The monoisotopic (exact) mass is 422 g/mol. The van der Waals surface area contributed by atoms with Crippen molar-refractivity contribution >= 4 is 24.3 Å². The summed E-state index contributed by atoms with van der Waals surface area (Å²) >= 11 is 0. The third-order valence-corrected chi connectivity index (χ3v) is 6.84. The zero-order valence-corrected chi connectivity index (χ0v) is 17.7. The fourth-order valence-electron chi connectivity index (χ4n) is 5.53. The van der Waals surface area contributed by atoms with Gasteiger partial charge in [0.05, 0.1) is 0 Å². The third kappa shape index (κ3) is 3.96. The van der Waals surface area contributed by atoms with Crippen LogP contribution in [0.25, 0.3) is 0 Å². The topological polar surface area (TPSA) is 87.9 Å². The second-order valence-electron chi connectivity index (χ2n) is 8.25. The summed E-state index contributed by atoms with van der Waals surface area (Å²) in [4.78, 5) is 27.9. The first-order valence-corrected chi connectivity index (χ1v) is 10.2. The lowest BCUT2D eigenvalue weighted by Gasteiger charge is -2.55. The van der Waals surface area contributed by atoms with Gasteiger partial charge in [0.1, 0.15) is 5.60 Å². The number of primary amides is 1. The Hall–Kier alpha value is -1.83. The number of nitrogens with zero attached hydrogens (tertiary/aromatic N) is 2. The van der Waals surface area contributed by atoms with Crippen LogP contribution in [-0.2, 0) is 10.3 Å². The molecule has 1 aromatic carbocycles. The van der Waals surface area contributed by atoms with Crippen molar-refractivity contribution in [1.29, 1.82) is 0 Å². The molecule has 2 bridgehead atoms. The van der Waals surface area contributed by atoms with Crippen LogP contribution in [0.15, 0.2) is 24.3 Å². The van der Waals surface area contributed by atoms with E-state index in [1.54, 1.807) is 13.2 Å². The van der Waals surface area contributed by atoms with Gasteiger partial charge in [-0.25, -0.2) is 4.79 Å². The fourth-order valence-corrected chi connectivity index (χ4v) is 5.53. The van der Waals surface area contributed by atoms with Gasteiger partial charge in [-0.05, 0) is 30.5 Å². The lowest BCUT2D eigenvalue weighted by atomic mass is 9.62. The van der Waals surface area contributed by atoms with Crippen LogP contribution in [0.5, 0.6) is 0 Å². The van der Waals surface area contributed by atoms with E-state index in [2.05, 4.69) is 16.3 Å². The number of fused-ring (bicyclic) bond motifs is 2. The Balaban J connectivity index is 0.00000240. The number of hydrogen-bond donors (Lipinski definition) is 2. The number of ether oxygens (including phenoxy) is 1. The molecule has 3 atom stereocenters. The van der Waals surface area contributed by atoms with Crippen LogP contribution in [0.3, 0.4) is 0 Å². The number of halogens is 1. The standard InChI is InChI=1S/C21H30N4O3.ClH/c1-28-21(16-5-2-4-15(12-16)19(22)26)17-6-3-7-18(21)14-24(13-17)10-11-25-9-8-23-20(25)27;/h2,4-5,12,17-18H,3,6-11,13-14H2,1H3,(H2,22,26)(H,23,27);1H/t17-,18+,21?;. The molecule has 29 heavy (non-hydrogen) atoms. The zero-order valence-electron chi connectivity index (χ0n) is 16.9. The number of benzene rings is 1. The Morgan fingerprint density at radius 2 is 2.00 bits per heavy atom. The Morgan fingerprint density at radius 3 is 2.59 bits per heavy atom. The van der Waals surface area contributed by atoms with Crippen molar-refractivity contribution in [2.24, 2.45) is 17.6 Å². The normalized spacial score (nSPS) is 29.3. The molecule has 7 nitrogen and oxygen atoms in total. The maximum atomic E-state index is 11.8. The largest absolute Gasteiger partial charge is 0.373 e. The van der Waals surface area contributed by atoms with Crippen molar-refractivity contribution in [3.63, 3.8) is 0 Å². The van der Waals surface area contributed by atoms with Gasteiger partial charge >= 0.3 is 6.03 Å². The predicted octanol–water partition coefficient (Wildman–Crippen LogP) is 1.81. The molecule has 3 amide bonds. The molecule has 1 aliphatic carbocycles. The molecule has 2 saturated heterocycles. The van der Waals surface area contributed by atoms with E-state index in [4.69, 9.17) is 10.5 Å². The van der Waals surface area contributed by atoms with Gasteiger partial charge in [0.15, 0.2) is 0 Å². The molecule has 2 aliphatic heterocycles. The average molecular weight is 423 g/mol. The van der Waals surface area contributed by atoms with Crippen molar-refractivity contribution in [3.8, 4) is 0 Å². The van der Waals surface area contributed by atoms with Crippen LogP contribution in [0.1, 0.15) is 35.2 Å². The highest BCUT2D eigenvalue weighted by Crippen LogP contribution is 2.51. The van der Waals surface area contributed by atoms with Gasteiger partial charge in [0, 0.05) is 63.8 Å². The maximum Gasteiger partial charge on any atom is 0.317 e. The first kappa shape index (κ1) is 21.9. The molecule has 3 fully saturated rings. The molecule has 1 aromatic rings. The highest BCUT2D eigenvalue weighted by atomic mass is 35.5. The number of hydrogen-bond acceptors (Lipinski definition) is 4. The SMILES string of the molecule is COC1(c2cccc(C(N)=O)c2)[C@@H]2CCC[C@H]1CN(CCN1CCNC1=O)C2.Cl. The summed E-state index contributed by atoms with van der Waals surface area (Å²) in [6, 6.07) is 7.71. The van der Waals surface area contributed by atoms with Crippen LogP contribution >= 0.6 is 12.4 Å². The minimum Gasteiger partial charge on any atom is -0.373 e. The summed E-state index contributed by atoms with van der Waals surface area (Å²) in [6.45, 7) is 5.08.